The molecule has 0 saturated heterocycles. The zero-order valence-electron chi connectivity index (χ0n) is 16.2. The van der Waals surface area contributed by atoms with Crippen molar-refractivity contribution in [1.29, 1.82) is 0 Å². The van der Waals surface area contributed by atoms with E-state index in [1.807, 2.05) is 31.2 Å². The smallest absolute Gasteiger partial charge is 0.308 e. The van der Waals surface area contributed by atoms with Gasteiger partial charge in [-0.05, 0) is 25.3 Å². The molecule has 3 unspecified atom stereocenters. The molecule has 2 amide bonds. The Bertz CT molecular complexity index is 657. The predicted octanol–water partition coefficient (Wildman–Crippen LogP) is 3.10. The minimum Gasteiger partial charge on any atom is -0.481 e. The molecule has 0 radical (unpaired) electrons. The molecular formula is C21H30N2O4. The fourth-order valence-corrected chi connectivity index (χ4v) is 3.70. The Balaban J connectivity index is 2.07. The third-order valence-electron chi connectivity index (χ3n) is 5.18. The largest absolute Gasteiger partial charge is 0.481 e. The maximum Gasteiger partial charge on any atom is 0.308 e. The molecule has 0 heterocycles. The monoisotopic (exact) mass is 374 g/mol. The van der Waals surface area contributed by atoms with Gasteiger partial charge >= 0.3 is 5.97 Å². The van der Waals surface area contributed by atoms with Gasteiger partial charge in [0.2, 0.25) is 11.8 Å². The summed E-state index contributed by atoms with van der Waals surface area (Å²) in [6.45, 7) is 3.40. The van der Waals surface area contributed by atoms with E-state index in [1.165, 1.54) is 6.92 Å². The summed E-state index contributed by atoms with van der Waals surface area (Å²) in [6, 6.07) is 6.90. The quantitative estimate of drug-likeness (QED) is 0.713. The summed E-state index contributed by atoms with van der Waals surface area (Å²) in [5.41, 5.74) is 1.96. The number of nitrogens with one attached hydrogen (secondary N) is 2. The van der Waals surface area contributed by atoms with Gasteiger partial charge in [-0.15, -0.1) is 0 Å². The summed E-state index contributed by atoms with van der Waals surface area (Å²) in [6.07, 6.45) is 5.26. The second-order valence-corrected chi connectivity index (χ2v) is 7.48. The SMILES string of the molecule is CC(=O)NC(CC(=O)NC1CCCCCCC1C(=O)O)c1ccc(C)cc1. The average molecular weight is 374 g/mol. The molecule has 6 nitrogen and oxygen atoms in total. The van der Waals surface area contributed by atoms with E-state index in [1.54, 1.807) is 0 Å². The fourth-order valence-electron chi connectivity index (χ4n) is 3.70. The highest BCUT2D eigenvalue weighted by Gasteiger charge is 2.30. The highest BCUT2D eigenvalue weighted by molar-refractivity contribution is 5.80. The number of hydrogen-bond donors (Lipinski definition) is 3. The number of carboxylic acids is 1. The van der Waals surface area contributed by atoms with E-state index in [0.717, 1.165) is 36.8 Å². The molecule has 1 aliphatic carbocycles. The van der Waals surface area contributed by atoms with Crippen LogP contribution in [0.15, 0.2) is 24.3 Å². The molecule has 148 valence electrons. The van der Waals surface area contributed by atoms with Gasteiger partial charge in [-0.3, -0.25) is 14.4 Å². The zero-order chi connectivity index (χ0) is 19.8. The van der Waals surface area contributed by atoms with E-state index in [-0.39, 0.29) is 24.3 Å². The summed E-state index contributed by atoms with van der Waals surface area (Å²) in [4.78, 5) is 35.8. The number of rotatable bonds is 6. The molecule has 2 rings (SSSR count). The first-order valence-corrected chi connectivity index (χ1v) is 9.72. The Morgan fingerprint density at radius 2 is 1.70 bits per heavy atom. The maximum atomic E-state index is 12.7. The van der Waals surface area contributed by atoms with Crippen LogP contribution in [0.1, 0.15) is 69.0 Å². The number of carbonyl (C=O) groups is 3. The number of aryl methyl sites for hydroxylation is 1. The van der Waals surface area contributed by atoms with E-state index >= 15 is 0 Å². The van der Waals surface area contributed by atoms with Gasteiger partial charge in [-0.2, -0.15) is 0 Å². The standard InChI is InChI=1S/C21H30N2O4/c1-14-9-11-16(12-10-14)19(22-15(2)24)13-20(25)23-18-8-6-4-3-5-7-17(18)21(26)27/h9-12,17-19H,3-8,13H2,1-2H3,(H,22,24)(H,23,25)(H,26,27). The highest BCUT2D eigenvalue weighted by Crippen LogP contribution is 2.24. The molecule has 27 heavy (non-hydrogen) atoms. The zero-order valence-corrected chi connectivity index (χ0v) is 16.2. The van der Waals surface area contributed by atoms with Crippen molar-refractivity contribution in [1.82, 2.24) is 10.6 Å². The van der Waals surface area contributed by atoms with E-state index in [0.29, 0.717) is 12.8 Å². The molecule has 1 fully saturated rings. The van der Waals surface area contributed by atoms with Crippen LogP contribution in [0.25, 0.3) is 0 Å². The number of aliphatic carboxylic acids is 1. The lowest BCUT2D eigenvalue weighted by atomic mass is 9.86. The lowest BCUT2D eigenvalue weighted by Crippen LogP contribution is -2.45. The first kappa shape index (κ1) is 20.9. The number of hydrogen-bond acceptors (Lipinski definition) is 3. The lowest BCUT2D eigenvalue weighted by molar-refractivity contribution is -0.143. The summed E-state index contributed by atoms with van der Waals surface area (Å²) >= 11 is 0. The molecule has 0 aliphatic heterocycles. The second kappa shape index (κ2) is 10.1. The third kappa shape index (κ3) is 6.70. The van der Waals surface area contributed by atoms with Gasteiger partial charge in [0.15, 0.2) is 0 Å². The van der Waals surface area contributed by atoms with Gasteiger partial charge in [0.25, 0.3) is 0 Å². The van der Waals surface area contributed by atoms with Gasteiger partial charge < -0.3 is 15.7 Å². The lowest BCUT2D eigenvalue weighted by Gasteiger charge is -2.28. The molecule has 1 saturated carbocycles. The Kier molecular flexibility index (Phi) is 7.82. The van der Waals surface area contributed by atoms with Gasteiger partial charge in [0, 0.05) is 13.0 Å². The number of amides is 2. The van der Waals surface area contributed by atoms with Crippen molar-refractivity contribution < 1.29 is 19.5 Å². The van der Waals surface area contributed by atoms with E-state index in [2.05, 4.69) is 10.6 Å². The molecule has 3 atom stereocenters. The Morgan fingerprint density at radius 1 is 1.07 bits per heavy atom. The molecule has 1 aromatic rings. The Labute approximate surface area is 160 Å². The minimum atomic E-state index is -0.848. The van der Waals surface area contributed by atoms with Crippen molar-refractivity contribution in [3.63, 3.8) is 0 Å². The molecule has 3 N–H and O–H groups in total. The highest BCUT2D eigenvalue weighted by atomic mass is 16.4. The third-order valence-corrected chi connectivity index (χ3v) is 5.18. The molecule has 0 aromatic heterocycles. The van der Waals surface area contributed by atoms with Crippen LogP contribution < -0.4 is 10.6 Å². The minimum absolute atomic E-state index is 0.0888. The fraction of sp³-hybridized carbons (Fsp3) is 0.571. The van der Waals surface area contributed by atoms with Gasteiger partial charge in [0.05, 0.1) is 18.4 Å². The average Bonchev–Trinajstić information content (AvgIpc) is 2.56. The number of benzene rings is 1. The predicted molar refractivity (Wildman–Crippen MR) is 103 cm³/mol. The van der Waals surface area contributed by atoms with E-state index in [4.69, 9.17) is 0 Å². The maximum absolute atomic E-state index is 12.7. The van der Waals surface area contributed by atoms with Crippen LogP contribution in [0.5, 0.6) is 0 Å². The summed E-state index contributed by atoms with van der Waals surface area (Å²) in [5.74, 6) is -1.83. The van der Waals surface area contributed by atoms with Crippen LogP contribution in [0.4, 0.5) is 0 Å². The van der Waals surface area contributed by atoms with E-state index in [9.17, 15) is 19.5 Å². The number of carbonyl (C=O) groups excluding carboxylic acids is 2. The van der Waals surface area contributed by atoms with Gasteiger partial charge in [-0.1, -0.05) is 55.5 Å². The van der Waals surface area contributed by atoms with Crippen LogP contribution >= 0.6 is 0 Å². The normalized spacial score (nSPS) is 21.4. The topological polar surface area (TPSA) is 95.5 Å². The summed E-state index contributed by atoms with van der Waals surface area (Å²) < 4.78 is 0. The molecule has 0 bridgehead atoms. The molecular weight excluding hydrogens is 344 g/mol. The van der Waals surface area contributed by atoms with Crippen LogP contribution in [-0.2, 0) is 14.4 Å². The summed E-state index contributed by atoms with van der Waals surface area (Å²) in [7, 11) is 0. The van der Waals surface area contributed by atoms with Gasteiger partial charge in [0.1, 0.15) is 0 Å². The first-order valence-electron chi connectivity index (χ1n) is 9.72. The first-order chi connectivity index (χ1) is 12.9. The molecule has 0 spiro atoms. The van der Waals surface area contributed by atoms with Crippen molar-refractivity contribution in [2.45, 2.75) is 70.9 Å². The van der Waals surface area contributed by atoms with Crippen molar-refractivity contribution in [2.75, 3.05) is 0 Å². The molecule has 6 heteroatoms. The van der Waals surface area contributed by atoms with Crippen LogP contribution in [0, 0.1) is 12.8 Å². The van der Waals surface area contributed by atoms with Crippen molar-refractivity contribution in [3.05, 3.63) is 35.4 Å². The van der Waals surface area contributed by atoms with Crippen molar-refractivity contribution >= 4 is 17.8 Å². The van der Waals surface area contributed by atoms with Gasteiger partial charge in [-0.25, -0.2) is 0 Å². The van der Waals surface area contributed by atoms with Crippen molar-refractivity contribution in [3.8, 4) is 0 Å². The molecule has 1 aliphatic rings. The Morgan fingerprint density at radius 3 is 2.30 bits per heavy atom. The second-order valence-electron chi connectivity index (χ2n) is 7.48. The van der Waals surface area contributed by atoms with Crippen LogP contribution in [0.2, 0.25) is 0 Å². The van der Waals surface area contributed by atoms with Crippen molar-refractivity contribution in [2.24, 2.45) is 5.92 Å². The summed E-state index contributed by atoms with van der Waals surface area (Å²) in [5, 5.41) is 15.3. The van der Waals surface area contributed by atoms with Crippen LogP contribution in [-0.4, -0.2) is 28.9 Å². The Hall–Kier alpha value is -2.37. The number of carboxylic acid groups (broad SMARTS) is 1. The van der Waals surface area contributed by atoms with Crippen LogP contribution in [0.3, 0.4) is 0 Å². The molecule has 1 aromatic carbocycles. The van der Waals surface area contributed by atoms with E-state index < -0.39 is 17.9 Å².